The van der Waals surface area contributed by atoms with Gasteiger partial charge < -0.3 is 14.5 Å². The van der Waals surface area contributed by atoms with Crippen LogP contribution in [0.3, 0.4) is 0 Å². The van der Waals surface area contributed by atoms with Crippen LogP contribution < -0.4 is 10.7 Å². The van der Waals surface area contributed by atoms with Gasteiger partial charge in [-0.25, -0.2) is 4.79 Å². The first-order valence-corrected chi connectivity index (χ1v) is 18.2. The summed E-state index contributed by atoms with van der Waals surface area (Å²) in [5.41, 5.74) is 7.12. The van der Waals surface area contributed by atoms with Gasteiger partial charge in [-0.3, -0.25) is 14.6 Å². The Hall–Kier alpha value is -4.78. The van der Waals surface area contributed by atoms with E-state index in [2.05, 4.69) is 43.2 Å². The summed E-state index contributed by atoms with van der Waals surface area (Å²) in [5, 5.41) is 5.16. The molecule has 1 aliphatic heterocycles. The number of hydrogen-bond donors (Lipinski definition) is 1. The van der Waals surface area contributed by atoms with Gasteiger partial charge in [0.2, 0.25) is 0 Å². The number of rotatable bonds is 15. The highest BCUT2D eigenvalue weighted by Crippen LogP contribution is 2.43. The van der Waals surface area contributed by atoms with E-state index in [0.29, 0.717) is 41.0 Å². The summed E-state index contributed by atoms with van der Waals surface area (Å²) in [4.78, 5) is 44.9. The lowest BCUT2D eigenvalue weighted by Gasteiger charge is -2.23. The Morgan fingerprint density at radius 2 is 1.58 bits per heavy atom. The zero-order chi connectivity index (χ0) is 35.8. The predicted molar refractivity (Wildman–Crippen MR) is 202 cm³/mol. The van der Waals surface area contributed by atoms with Crippen molar-refractivity contribution in [3.63, 3.8) is 0 Å². The average Bonchev–Trinajstić information content (AvgIpc) is 3.09. The molecule has 0 fully saturated rings. The van der Waals surface area contributed by atoms with Gasteiger partial charge >= 0.3 is 5.97 Å². The topological polar surface area (TPSA) is 98.0 Å². The molecule has 2 aromatic carbocycles. The van der Waals surface area contributed by atoms with Gasteiger partial charge in [0.1, 0.15) is 17.4 Å². The lowest BCUT2D eigenvalue weighted by molar-refractivity contribution is -0.116. The van der Waals surface area contributed by atoms with Crippen LogP contribution in [0.2, 0.25) is 0 Å². The SMILES string of the molecule is CCCCCCCCCC(OC(=O)c1ccccc1-c1c2cc(C)c(=NCC)cc-2oc2cc(NCC)c(C)cc12)C1=CC(=O)C(C)=CC1=O. The molecule has 0 spiro atoms. The Bertz CT molecular complexity index is 2000. The highest BCUT2D eigenvalue weighted by Gasteiger charge is 2.30. The van der Waals surface area contributed by atoms with Crippen molar-refractivity contribution in [2.45, 2.75) is 99.0 Å². The minimum absolute atomic E-state index is 0.233. The number of allylic oxidation sites excluding steroid dienone is 3. The molecule has 50 heavy (non-hydrogen) atoms. The Balaban J connectivity index is 1.59. The van der Waals surface area contributed by atoms with E-state index in [4.69, 9.17) is 9.15 Å². The smallest absolute Gasteiger partial charge is 0.339 e. The van der Waals surface area contributed by atoms with E-state index in [-0.39, 0.29) is 17.1 Å². The fraction of sp³-hybridized carbons (Fsp3) is 0.395. The molecular weight excluding hydrogens is 624 g/mol. The second-order valence-electron chi connectivity index (χ2n) is 13.3. The van der Waals surface area contributed by atoms with E-state index in [1.165, 1.54) is 31.4 Å². The Morgan fingerprint density at radius 1 is 0.840 bits per heavy atom. The number of benzene rings is 3. The van der Waals surface area contributed by atoms with Crippen LogP contribution in [0.5, 0.6) is 0 Å². The summed E-state index contributed by atoms with van der Waals surface area (Å²) in [7, 11) is 0. The zero-order valence-electron chi connectivity index (χ0n) is 30.4. The molecule has 5 rings (SSSR count). The molecule has 1 atom stereocenters. The van der Waals surface area contributed by atoms with Gasteiger partial charge in [0.05, 0.1) is 10.9 Å². The molecule has 262 valence electrons. The first-order valence-electron chi connectivity index (χ1n) is 18.2. The third kappa shape index (κ3) is 8.15. The van der Waals surface area contributed by atoms with Crippen LogP contribution in [0.15, 0.2) is 81.2 Å². The van der Waals surface area contributed by atoms with E-state index in [0.717, 1.165) is 70.9 Å². The highest BCUT2D eigenvalue weighted by atomic mass is 16.5. The number of carbonyl (C=O) groups is 3. The Labute approximate surface area is 295 Å². The molecule has 1 heterocycles. The van der Waals surface area contributed by atoms with Crippen LogP contribution in [-0.4, -0.2) is 36.7 Å². The summed E-state index contributed by atoms with van der Waals surface area (Å²) in [6, 6.07) is 15.6. The molecular formula is C43H50N2O5. The molecule has 0 radical (unpaired) electrons. The maximum absolute atomic E-state index is 14.3. The minimum atomic E-state index is -0.836. The van der Waals surface area contributed by atoms with Gasteiger partial charge in [-0.1, -0.05) is 63.6 Å². The summed E-state index contributed by atoms with van der Waals surface area (Å²) < 4.78 is 12.8. The van der Waals surface area contributed by atoms with Crippen LogP contribution in [-0.2, 0) is 14.3 Å². The second kappa shape index (κ2) is 16.8. The standard InChI is InChI=1S/C43H50N2O5/c1-7-10-11-12-13-14-15-20-39(32-24-37(46)29(6)23-38(32)47)50-43(48)31-19-17-16-18-30(31)42-33-21-27(4)35(44-8-2)25-40(33)49-41-26-36(45-9-3)28(5)22-34(41)42/h16-19,21-26,39,44H,7-15,20H2,1-6H3. The summed E-state index contributed by atoms with van der Waals surface area (Å²) in [5.74, 6) is -0.398. The number of fused-ring (bicyclic) bond motifs is 2. The van der Waals surface area contributed by atoms with Crippen molar-refractivity contribution in [1.29, 1.82) is 0 Å². The van der Waals surface area contributed by atoms with Gasteiger partial charge in [-0.05, 0) is 94.5 Å². The number of anilines is 1. The number of hydrogen-bond acceptors (Lipinski definition) is 7. The van der Waals surface area contributed by atoms with Crippen LogP contribution in [0.4, 0.5) is 5.69 Å². The molecule has 2 aliphatic carbocycles. The number of carbonyl (C=O) groups excluding carboxylic acids is 3. The molecule has 3 aliphatic rings. The molecule has 1 unspecified atom stereocenters. The monoisotopic (exact) mass is 674 g/mol. The van der Waals surface area contributed by atoms with Gasteiger partial charge in [-0.2, -0.15) is 0 Å². The summed E-state index contributed by atoms with van der Waals surface area (Å²) in [6.07, 6.45) is 9.92. The fourth-order valence-corrected chi connectivity index (χ4v) is 6.77. The molecule has 7 nitrogen and oxygen atoms in total. The molecule has 7 heteroatoms. The van der Waals surface area contributed by atoms with Crippen LogP contribution in [0, 0.1) is 13.8 Å². The lowest BCUT2D eigenvalue weighted by Crippen LogP contribution is -2.27. The third-order valence-corrected chi connectivity index (χ3v) is 9.47. The molecule has 1 N–H and O–H groups in total. The lowest BCUT2D eigenvalue weighted by atomic mass is 9.89. The predicted octanol–water partition coefficient (Wildman–Crippen LogP) is 9.86. The Kier molecular flexibility index (Phi) is 12.2. The molecule has 0 saturated carbocycles. The largest absolute Gasteiger partial charge is 0.456 e. The van der Waals surface area contributed by atoms with Gasteiger partial charge in [0, 0.05) is 58.6 Å². The maximum atomic E-state index is 14.3. The van der Waals surface area contributed by atoms with Crippen LogP contribution in [0.25, 0.3) is 33.4 Å². The number of aryl methyl sites for hydroxylation is 2. The number of nitrogens with zero attached hydrogens (tertiary/aromatic N) is 1. The van der Waals surface area contributed by atoms with Crippen LogP contribution >= 0.6 is 0 Å². The van der Waals surface area contributed by atoms with Crippen molar-refractivity contribution in [3.8, 4) is 22.5 Å². The molecule has 0 bridgehead atoms. The van der Waals surface area contributed by atoms with Crippen molar-refractivity contribution < 1.29 is 23.5 Å². The quantitative estimate of drug-likeness (QED) is 0.0583. The highest BCUT2D eigenvalue weighted by molar-refractivity contribution is 6.20. The number of nitrogens with one attached hydrogen (secondary N) is 1. The molecule has 2 aromatic rings. The van der Waals surface area contributed by atoms with E-state index < -0.39 is 12.1 Å². The zero-order valence-corrected chi connectivity index (χ0v) is 30.4. The second-order valence-corrected chi connectivity index (χ2v) is 13.3. The third-order valence-electron chi connectivity index (χ3n) is 9.47. The number of ether oxygens (including phenoxy) is 1. The van der Waals surface area contributed by atoms with E-state index in [1.807, 2.05) is 44.2 Å². The van der Waals surface area contributed by atoms with E-state index in [1.54, 1.807) is 13.0 Å². The average molecular weight is 675 g/mol. The van der Waals surface area contributed by atoms with Crippen molar-refractivity contribution in [3.05, 3.63) is 93.9 Å². The molecule has 0 aromatic heterocycles. The molecule has 0 amide bonds. The Morgan fingerprint density at radius 3 is 2.32 bits per heavy atom. The summed E-state index contributed by atoms with van der Waals surface area (Å²) >= 11 is 0. The van der Waals surface area contributed by atoms with Crippen molar-refractivity contribution >= 4 is 34.2 Å². The van der Waals surface area contributed by atoms with E-state index in [9.17, 15) is 14.4 Å². The van der Waals surface area contributed by atoms with Gasteiger partial charge in [0.15, 0.2) is 11.6 Å². The summed E-state index contributed by atoms with van der Waals surface area (Å²) in [6.45, 7) is 13.4. The van der Waals surface area contributed by atoms with Crippen LogP contribution in [0.1, 0.15) is 101 Å². The van der Waals surface area contributed by atoms with Crippen molar-refractivity contribution in [1.82, 2.24) is 0 Å². The number of ketones is 2. The number of unbranched alkanes of at least 4 members (excludes halogenated alkanes) is 6. The maximum Gasteiger partial charge on any atom is 0.339 e. The first-order chi connectivity index (χ1) is 24.2. The van der Waals surface area contributed by atoms with Gasteiger partial charge in [0.25, 0.3) is 0 Å². The van der Waals surface area contributed by atoms with Gasteiger partial charge in [-0.15, -0.1) is 0 Å². The fourth-order valence-electron chi connectivity index (χ4n) is 6.77. The molecule has 0 saturated heterocycles. The first kappa shape index (κ1) is 36.5. The van der Waals surface area contributed by atoms with Crippen molar-refractivity contribution in [2.24, 2.45) is 4.99 Å². The number of esters is 1. The van der Waals surface area contributed by atoms with E-state index >= 15 is 0 Å². The van der Waals surface area contributed by atoms with Crippen molar-refractivity contribution in [2.75, 3.05) is 18.4 Å². The normalized spacial score (nSPS) is 14.2. The minimum Gasteiger partial charge on any atom is -0.456 e.